The van der Waals surface area contributed by atoms with Crippen LogP contribution in [-0.2, 0) is 10.0 Å². The van der Waals surface area contributed by atoms with Gasteiger partial charge in [-0.2, -0.15) is 0 Å². The van der Waals surface area contributed by atoms with E-state index in [0.717, 1.165) is 6.07 Å². The Morgan fingerprint density at radius 2 is 2.00 bits per heavy atom. The molecular weight excluding hydrogens is 267 g/mol. The molecule has 1 aromatic carbocycles. The number of benzene rings is 1. The molecule has 0 aromatic heterocycles. The lowest BCUT2D eigenvalue weighted by atomic mass is 10.1. The highest BCUT2D eigenvalue weighted by atomic mass is 32.2. The van der Waals surface area contributed by atoms with E-state index in [2.05, 4.69) is 4.72 Å². The Hall–Kier alpha value is -0.980. The van der Waals surface area contributed by atoms with Crippen molar-refractivity contribution in [1.29, 1.82) is 0 Å². The quantitative estimate of drug-likeness (QED) is 0.838. The molecule has 0 aliphatic heterocycles. The number of rotatable bonds is 6. The second-order valence-electron chi connectivity index (χ2n) is 5.07. The molecule has 0 radical (unpaired) electrons. The summed E-state index contributed by atoms with van der Waals surface area (Å²) in [7, 11) is -3.88. The molecule has 1 unspecified atom stereocenters. The van der Waals surface area contributed by atoms with E-state index in [1.54, 1.807) is 13.0 Å². The minimum atomic E-state index is -3.88. The Kier molecular flexibility index (Phi) is 5.46. The van der Waals surface area contributed by atoms with Crippen LogP contribution in [0, 0.1) is 18.7 Å². The molecule has 4 nitrogen and oxygen atoms in total. The zero-order valence-electron chi connectivity index (χ0n) is 11.5. The highest BCUT2D eigenvalue weighted by Gasteiger charge is 2.24. The topological polar surface area (TPSA) is 72.2 Å². The van der Waals surface area contributed by atoms with Crippen molar-refractivity contribution in [3.8, 4) is 0 Å². The molecule has 0 saturated heterocycles. The summed E-state index contributed by atoms with van der Waals surface area (Å²) in [4.78, 5) is -0.294. The van der Waals surface area contributed by atoms with Crippen molar-refractivity contribution in [2.45, 2.75) is 38.1 Å². The molecule has 0 aliphatic carbocycles. The number of hydrogen-bond acceptors (Lipinski definition) is 3. The van der Waals surface area contributed by atoms with Crippen LogP contribution in [0.4, 0.5) is 4.39 Å². The normalized spacial score (nSPS) is 13.8. The van der Waals surface area contributed by atoms with Gasteiger partial charge in [-0.15, -0.1) is 0 Å². The summed E-state index contributed by atoms with van der Waals surface area (Å²) in [6, 6.07) is 3.81. The Labute approximate surface area is 114 Å². The third kappa shape index (κ3) is 4.26. The van der Waals surface area contributed by atoms with E-state index in [4.69, 9.17) is 5.73 Å². The largest absolute Gasteiger partial charge is 0.329 e. The molecule has 6 heteroatoms. The number of hydrogen-bond donors (Lipinski definition) is 2. The number of nitrogens with one attached hydrogen (secondary N) is 1. The maximum absolute atomic E-state index is 13.7. The third-order valence-electron chi connectivity index (χ3n) is 2.79. The lowest BCUT2D eigenvalue weighted by Gasteiger charge is -2.19. The predicted molar refractivity (Wildman–Crippen MR) is 73.8 cm³/mol. The van der Waals surface area contributed by atoms with E-state index in [1.165, 1.54) is 6.07 Å². The molecule has 19 heavy (non-hydrogen) atoms. The van der Waals surface area contributed by atoms with Crippen LogP contribution in [-0.4, -0.2) is 21.0 Å². The first kappa shape index (κ1) is 16.1. The minimum Gasteiger partial charge on any atom is -0.329 e. The van der Waals surface area contributed by atoms with Gasteiger partial charge in [-0.25, -0.2) is 17.5 Å². The smallest absolute Gasteiger partial charge is 0.244 e. The Morgan fingerprint density at radius 3 is 2.47 bits per heavy atom. The van der Waals surface area contributed by atoms with Crippen LogP contribution in [0.25, 0.3) is 0 Å². The molecule has 0 bridgehead atoms. The van der Waals surface area contributed by atoms with E-state index in [-0.39, 0.29) is 17.5 Å². The van der Waals surface area contributed by atoms with Gasteiger partial charge in [0.1, 0.15) is 10.7 Å². The van der Waals surface area contributed by atoms with Gasteiger partial charge in [-0.3, -0.25) is 0 Å². The molecule has 0 amide bonds. The van der Waals surface area contributed by atoms with Gasteiger partial charge in [-0.1, -0.05) is 26.0 Å². The van der Waals surface area contributed by atoms with Gasteiger partial charge in [0.05, 0.1) is 0 Å². The standard InChI is InChI=1S/C13H21FN2O2S/c1-9(2)7-11(8-15)16-19(17,18)13-10(3)5-4-6-12(13)14/h4-6,9,11,16H,7-8,15H2,1-3H3. The van der Waals surface area contributed by atoms with Gasteiger partial charge in [0, 0.05) is 12.6 Å². The summed E-state index contributed by atoms with van der Waals surface area (Å²) in [6.45, 7) is 5.71. The van der Waals surface area contributed by atoms with Crippen molar-refractivity contribution in [3.63, 3.8) is 0 Å². The Morgan fingerprint density at radius 1 is 1.37 bits per heavy atom. The van der Waals surface area contributed by atoms with Crippen LogP contribution in [0.2, 0.25) is 0 Å². The molecule has 0 saturated carbocycles. The lowest BCUT2D eigenvalue weighted by molar-refractivity contribution is 0.462. The Balaban J connectivity index is 3.04. The van der Waals surface area contributed by atoms with E-state index in [0.29, 0.717) is 17.9 Å². The first-order valence-corrected chi connectivity index (χ1v) is 7.73. The van der Waals surface area contributed by atoms with Crippen molar-refractivity contribution < 1.29 is 12.8 Å². The van der Waals surface area contributed by atoms with Gasteiger partial charge in [0.2, 0.25) is 10.0 Å². The third-order valence-corrected chi connectivity index (χ3v) is 4.49. The van der Waals surface area contributed by atoms with Crippen LogP contribution in [0.1, 0.15) is 25.8 Å². The maximum atomic E-state index is 13.7. The number of nitrogens with two attached hydrogens (primary N) is 1. The summed E-state index contributed by atoms with van der Waals surface area (Å²) in [5, 5.41) is 0. The number of sulfonamides is 1. The molecule has 1 atom stereocenters. The van der Waals surface area contributed by atoms with Crippen LogP contribution in [0.15, 0.2) is 23.1 Å². The lowest BCUT2D eigenvalue weighted by Crippen LogP contribution is -2.41. The van der Waals surface area contributed by atoms with Crippen molar-refractivity contribution in [2.75, 3.05) is 6.54 Å². The van der Waals surface area contributed by atoms with Gasteiger partial charge < -0.3 is 5.73 Å². The average Bonchev–Trinajstić information content (AvgIpc) is 2.26. The minimum absolute atomic E-state index is 0.185. The molecule has 0 aliphatic rings. The summed E-state index contributed by atoms with van der Waals surface area (Å²) >= 11 is 0. The van der Waals surface area contributed by atoms with Crippen molar-refractivity contribution in [2.24, 2.45) is 11.7 Å². The molecule has 0 spiro atoms. The zero-order valence-corrected chi connectivity index (χ0v) is 12.3. The summed E-state index contributed by atoms with van der Waals surface area (Å²) in [5.41, 5.74) is 5.94. The fraction of sp³-hybridized carbons (Fsp3) is 0.538. The molecule has 1 rings (SSSR count). The fourth-order valence-electron chi connectivity index (χ4n) is 2.00. The second-order valence-corrected chi connectivity index (χ2v) is 6.72. The second kappa shape index (κ2) is 6.45. The molecular formula is C13H21FN2O2S. The summed E-state index contributed by atoms with van der Waals surface area (Å²) in [5.74, 6) is -0.439. The van der Waals surface area contributed by atoms with Crippen molar-refractivity contribution >= 4 is 10.0 Å². The number of aryl methyl sites for hydroxylation is 1. The highest BCUT2D eigenvalue weighted by molar-refractivity contribution is 7.89. The van der Waals surface area contributed by atoms with E-state index < -0.39 is 15.8 Å². The zero-order chi connectivity index (χ0) is 14.6. The average molecular weight is 288 g/mol. The monoisotopic (exact) mass is 288 g/mol. The summed E-state index contributed by atoms with van der Waals surface area (Å²) < 4.78 is 40.6. The van der Waals surface area contributed by atoms with Crippen molar-refractivity contribution in [3.05, 3.63) is 29.6 Å². The maximum Gasteiger partial charge on any atom is 0.244 e. The van der Waals surface area contributed by atoms with E-state index in [9.17, 15) is 12.8 Å². The summed E-state index contributed by atoms with van der Waals surface area (Å²) in [6.07, 6.45) is 0.614. The van der Waals surface area contributed by atoms with Gasteiger partial charge in [0.15, 0.2) is 0 Å². The van der Waals surface area contributed by atoms with Crippen molar-refractivity contribution in [1.82, 2.24) is 4.72 Å². The van der Waals surface area contributed by atoms with Gasteiger partial charge in [-0.05, 0) is 30.9 Å². The fourth-order valence-corrected chi connectivity index (χ4v) is 3.56. The Bertz CT molecular complexity index is 509. The molecule has 0 fully saturated rings. The predicted octanol–water partition coefficient (Wildman–Crippen LogP) is 1.79. The molecule has 0 heterocycles. The van der Waals surface area contributed by atoms with Crippen LogP contribution >= 0.6 is 0 Å². The van der Waals surface area contributed by atoms with Crippen LogP contribution < -0.4 is 10.5 Å². The van der Waals surface area contributed by atoms with Gasteiger partial charge in [0.25, 0.3) is 0 Å². The highest BCUT2D eigenvalue weighted by Crippen LogP contribution is 2.19. The first-order chi connectivity index (χ1) is 8.77. The number of halogens is 1. The molecule has 3 N–H and O–H groups in total. The molecule has 1 aromatic rings. The van der Waals surface area contributed by atoms with E-state index in [1.807, 2.05) is 13.8 Å². The van der Waals surface area contributed by atoms with Crippen LogP contribution in [0.5, 0.6) is 0 Å². The van der Waals surface area contributed by atoms with Crippen LogP contribution in [0.3, 0.4) is 0 Å². The molecule has 108 valence electrons. The SMILES string of the molecule is Cc1cccc(F)c1S(=O)(=O)NC(CN)CC(C)C. The van der Waals surface area contributed by atoms with E-state index >= 15 is 0 Å². The first-order valence-electron chi connectivity index (χ1n) is 6.25. The van der Waals surface area contributed by atoms with Gasteiger partial charge >= 0.3 is 0 Å².